The zero-order valence-corrected chi connectivity index (χ0v) is 27.3. The number of ether oxygens (including phenoxy) is 2. The lowest BCUT2D eigenvalue weighted by Gasteiger charge is -2.24. The number of benzene rings is 2. The van der Waals surface area contributed by atoms with E-state index >= 15 is 0 Å². The van der Waals surface area contributed by atoms with Gasteiger partial charge in [-0.15, -0.1) is 12.4 Å². The first-order valence-electron chi connectivity index (χ1n) is 11.6. The van der Waals surface area contributed by atoms with Crippen LogP contribution < -0.4 is 20.1 Å². The molecule has 220 valence electrons. The Hall–Kier alpha value is -1.30. The van der Waals surface area contributed by atoms with E-state index in [2.05, 4.69) is 51.9 Å². The molecule has 2 rings (SSSR count). The van der Waals surface area contributed by atoms with Gasteiger partial charge in [-0.25, -0.2) is 21.6 Å². The van der Waals surface area contributed by atoms with Crippen molar-refractivity contribution in [1.82, 2.24) is 20.1 Å². The molecule has 2 atom stereocenters. The van der Waals surface area contributed by atoms with Crippen LogP contribution in [-0.2, 0) is 29.5 Å². The van der Waals surface area contributed by atoms with Gasteiger partial charge in [0.15, 0.2) is 0 Å². The minimum absolute atomic E-state index is 0. The Morgan fingerprint density at radius 3 is 1.36 bits per heavy atom. The lowest BCUT2D eigenvalue weighted by Crippen LogP contribution is -2.52. The molecule has 0 spiro atoms. The number of nitrogens with one attached hydrogen (secondary N) is 4. The van der Waals surface area contributed by atoms with E-state index in [1.54, 1.807) is 64.1 Å². The molecule has 2 aromatic rings. The summed E-state index contributed by atoms with van der Waals surface area (Å²) in [5.74, 6) is 0. The maximum Gasteiger partial charge on any atom is 0.508 e. The van der Waals surface area contributed by atoms with E-state index in [1.807, 2.05) is 0 Å². The highest BCUT2D eigenvalue weighted by Gasteiger charge is 2.26. The van der Waals surface area contributed by atoms with E-state index in [-0.39, 0.29) is 47.5 Å². The quantitative estimate of drug-likeness (QED) is 0.168. The predicted octanol–water partition coefficient (Wildman–Crippen LogP) is 3.69. The number of hydrogen-bond acceptors (Lipinski definition) is 9. The summed E-state index contributed by atoms with van der Waals surface area (Å²) in [5, 5.41) is 5.96. The second-order valence-corrected chi connectivity index (χ2v) is 13.8. The molecule has 0 amide bonds. The molecule has 11 nitrogen and oxygen atoms in total. The smallest absolute Gasteiger partial charge is 0.431 e. The number of hydrogen-bond donors (Lipinski definition) is 4. The molecule has 39 heavy (non-hydrogen) atoms. The van der Waals surface area contributed by atoms with E-state index in [0.717, 1.165) is 0 Å². The summed E-state index contributed by atoms with van der Waals surface area (Å²) in [6, 6.07) is 12.3. The van der Waals surface area contributed by atoms with Crippen molar-refractivity contribution in [2.24, 2.45) is 0 Å². The van der Waals surface area contributed by atoms with Gasteiger partial charge in [0, 0.05) is 21.0 Å². The fourth-order valence-electron chi connectivity index (χ4n) is 3.21. The zero-order valence-electron chi connectivity index (χ0n) is 21.7. The predicted molar refractivity (Wildman–Crippen MR) is 158 cm³/mol. The largest absolute Gasteiger partial charge is 0.508 e. The van der Waals surface area contributed by atoms with Crippen molar-refractivity contribution in [3.8, 4) is 0 Å². The maximum atomic E-state index is 12.9. The van der Waals surface area contributed by atoms with Crippen molar-refractivity contribution in [2.45, 2.75) is 61.9 Å². The molecule has 0 aliphatic rings. The average Bonchev–Trinajstić information content (AvgIpc) is 2.80. The fraction of sp³-hybridized carbons (Fsp3) is 0.435. The Labute approximate surface area is 253 Å². The molecule has 0 fully saturated rings. The molecule has 2 aromatic carbocycles. The number of rotatable bonds is 14. The van der Waals surface area contributed by atoms with E-state index in [9.17, 15) is 21.6 Å². The van der Waals surface area contributed by atoms with Crippen LogP contribution in [-0.4, -0.2) is 60.6 Å². The summed E-state index contributed by atoms with van der Waals surface area (Å²) >= 11 is 6.45. The maximum absolute atomic E-state index is 12.9. The molecule has 4 N–H and O–H groups in total. The van der Waals surface area contributed by atoms with Gasteiger partial charge >= 0.3 is 6.16 Å². The SMILES string of the molecule is CC(C)NC(COC(=O)OCC(NC(C)C)NS(=O)(=O)c1ccccc1Br)NS(=O)(=O)c1ccccc1Br.Cl. The van der Waals surface area contributed by atoms with E-state index in [4.69, 9.17) is 9.47 Å². The number of carbonyl (C=O) groups excluding carboxylic acids is 1. The number of sulfonamides is 2. The van der Waals surface area contributed by atoms with Crippen LogP contribution in [0.3, 0.4) is 0 Å². The van der Waals surface area contributed by atoms with Crippen molar-refractivity contribution >= 4 is 70.5 Å². The lowest BCUT2D eigenvalue weighted by molar-refractivity contribution is 0.0392. The highest BCUT2D eigenvalue weighted by atomic mass is 79.9. The van der Waals surface area contributed by atoms with Crippen LogP contribution in [0, 0.1) is 0 Å². The van der Waals surface area contributed by atoms with Crippen LogP contribution >= 0.6 is 44.3 Å². The lowest BCUT2D eigenvalue weighted by atomic mass is 10.4. The van der Waals surface area contributed by atoms with Gasteiger partial charge in [-0.3, -0.25) is 10.6 Å². The normalized spacial score (nSPS) is 13.5. The first-order valence-corrected chi connectivity index (χ1v) is 16.1. The molecule has 0 heterocycles. The fourth-order valence-corrected chi connectivity index (χ4v) is 7.50. The molecule has 0 aliphatic heterocycles. The van der Waals surface area contributed by atoms with Crippen LogP contribution in [0.4, 0.5) is 4.79 Å². The van der Waals surface area contributed by atoms with Gasteiger partial charge in [-0.1, -0.05) is 24.3 Å². The van der Waals surface area contributed by atoms with E-state index < -0.39 is 38.5 Å². The zero-order chi connectivity index (χ0) is 28.5. The third-order valence-electron chi connectivity index (χ3n) is 4.65. The summed E-state index contributed by atoms with van der Waals surface area (Å²) in [6.45, 7) is 6.45. The summed E-state index contributed by atoms with van der Waals surface area (Å²) < 4.78 is 67.4. The number of carbonyl (C=O) groups is 1. The minimum Gasteiger partial charge on any atom is -0.431 e. The van der Waals surface area contributed by atoms with Crippen molar-refractivity contribution in [1.29, 1.82) is 0 Å². The molecule has 0 bridgehead atoms. The standard InChI is InChI=1S/C23H32Br2N4O7S2.ClH/c1-15(2)26-21(28-37(31,32)19-11-7-5-9-17(19)24)13-35-23(30)36-14-22(27-16(3)4)29-38(33,34)20-12-8-6-10-18(20)25;/h5-12,15-16,21-22,26-29H,13-14H2,1-4H3;1H. The van der Waals surface area contributed by atoms with Gasteiger partial charge < -0.3 is 9.47 Å². The van der Waals surface area contributed by atoms with Gasteiger partial charge in [0.25, 0.3) is 0 Å². The molecule has 0 saturated carbocycles. The molecule has 2 unspecified atom stereocenters. The van der Waals surface area contributed by atoms with Crippen LogP contribution in [0.15, 0.2) is 67.3 Å². The highest BCUT2D eigenvalue weighted by molar-refractivity contribution is 9.10. The Balaban J connectivity index is 0.00000760. The van der Waals surface area contributed by atoms with Crippen LogP contribution in [0.2, 0.25) is 0 Å². The molecular weight excluding hydrogens is 704 g/mol. The third kappa shape index (κ3) is 12.0. The molecule has 0 saturated heterocycles. The second kappa shape index (κ2) is 16.2. The van der Waals surface area contributed by atoms with Gasteiger partial charge in [-0.2, -0.15) is 9.44 Å². The Bertz CT molecular complexity index is 1200. The third-order valence-corrected chi connectivity index (χ3v) is 9.62. The molecule has 16 heteroatoms. The molecule has 0 aromatic heterocycles. The Kier molecular flexibility index (Phi) is 14.9. The number of halogens is 3. The Morgan fingerprint density at radius 2 is 1.05 bits per heavy atom. The van der Waals surface area contributed by atoms with E-state index in [0.29, 0.717) is 8.95 Å². The van der Waals surface area contributed by atoms with E-state index in [1.165, 1.54) is 12.1 Å². The monoisotopic (exact) mass is 734 g/mol. The van der Waals surface area contributed by atoms with Crippen molar-refractivity contribution in [2.75, 3.05) is 13.2 Å². The van der Waals surface area contributed by atoms with Crippen molar-refractivity contribution in [3.63, 3.8) is 0 Å². The summed E-state index contributed by atoms with van der Waals surface area (Å²) in [4.78, 5) is 12.4. The minimum atomic E-state index is -3.96. The Morgan fingerprint density at radius 1 is 0.718 bits per heavy atom. The summed E-state index contributed by atoms with van der Waals surface area (Å²) in [6.07, 6.45) is -3.02. The van der Waals surface area contributed by atoms with Crippen molar-refractivity contribution in [3.05, 3.63) is 57.5 Å². The topological polar surface area (TPSA) is 152 Å². The van der Waals surface area contributed by atoms with Crippen LogP contribution in [0.5, 0.6) is 0 Å². The van der Waals surface area contributed by atoms with Crippen molar-refractivity contribution < 1.29 is 31.1 Å². The van der Waals surface area contributed by atoms with Gasteiger partial charge in [-0.05, 0) is 83.8 Å². The molecular formula is C23H33Br2ClN4O7S2. The first kappa shape index (κ1) is 35.7. The summed E-state index contributed by atoms with van der Waals surface area (Å²) in [5.41, 5.74) is 0. The summed E-state index contributed by atoms with van der Waals surface area (Å²) in [7, 11) is -7.91. The van der Waals surface area contributed by atoms with Gasteiger partial charge in [0.05, 0.1) is 9.79 Å². The average molecular weight is 737 g/mol. The first-order chi connectivity index (χ1) is 17.7. The second-order valence-electron chi connectivity index (χ2n) is 8.72. The molecule has 0 radical (unpaired) electrons. The van der Waals surface area contributed by atoms with Crippen LogP contribution in [0.1, 0.15) is 27.7 Å². The van der Waals surface area contributed by atoms with Gasteiger partial charge in [0.1, 0.15) is 25.5 Å². The molecule has 0 aliphatic carbocycles. The highest BCUT2D eigenvalue weighted by Crippen LogP contribution is 2.22. The van der Waals surface area contributed by atoms with Gasteiger partial charge in [0.2, 0.25) is 20.0 Å². The van der Waals surface area contributed by atoms with Crippen LogP contribution in [0.25, 0.3) is 0 Å².